The van der Waals surface area contributed by atoms with Crippen molar-refractivity contribution in [3.63, 3.8) is 0 Å². The van der Waals surface area contributed by atoms with Gasteiger partial charge in [0.1, 0.15) is 5.82 Å². The number of halogens is 3. The molecule has 3 aromatic rings. The SMILES string of the molecule is FC(F)(Cl)c1nnc2ccc(N3CCN(Cc4cccs4)CC3)nn12. The third kappa shape index (κ3) is 3.44. The zero-order valence-corrected chi connectivity index (χ0v) is 14.7. The molecule has 0 radical (unpaired) electrons. The standard InChI is InChI=1S/C15H15ClF2N6S/c16-15(17,18)14-20-19-12-3-4-13(21-24(12)14)23-7-5-22(6-8-23)10-11-2-1-9-25-11/h1-4,9H,5-8,10H2. The number of hydrogen-bond donors (Lipinski definition) is 0. The summed E-state index contributed by atoms with van der Waals surface area (Å²) >= 11 is 6.84. The van der Waals surface area contributed by atoms with Crippen LogP contribution < -0.4 is 4.90 Å². The molecule has 0 unspecified atom stereocenters. The Morgan fingerprint density at radius 1 is 1.12 bits per heavy atom. The minimum absolute atomic E-state index is 0.246. The van der Waals surface area contributed by atoms with E-state index >= 15 is 0 Å². The van der Waals surface area contributed by atoms with E-state index in [9.17, 15) is 8.78 Å². The Morgan fingerprint density at radius 2 is 1.92 bits per heavy atom. The summed E-state index contributed by atoms with van der Waals surface area (Å²) in [5, 5.41) is 9.87. The lowest BCUT2D eigenvalue weighted by Crippen LogP contribution is -2.46. The number of nitrogens with zero attached hydrogens (tertiary/aromatic N) is 6. The van der Waals surface area contributed by atoms with Crippen LogP contribution in [0.15, 0.2) is 29.6 Å². The fourth-order valence-electron chi connectivity index (χ4n) is 2.88. The summed E-state index contributed by atoms with van der Waals surface area (Å²) in [5.41, 5.74) is 0.246. The van der Waals surface area contributed by atoms with Crippen molar-refractivity contribution < 1.29 is 8.78 Å². The first-order valence-corrected chi connectivity index (χ1v) is 9.06. The predicted molar refractivity (Wildman–Crippen MR) is 92.3 cm³/mol. The van der Waals surface area contributed by atoms with E-state index in [2.05, 4.69) is 42.6 Å². The molecule has 10 heteroatoms. The summed E-state index contributed by atoms with van der Waals surface area (Å²) in [6.07, 6.45) is 0. The molecule has 1 fully saturated rings. The van der Waals surface area contributed by atoms with E-state index in [1.807, 2.05) is 0 Å². The van der Waals surface area contributed by atoms with Gasteiger partial charge in [-0.05, 0) is 35.2 Å². The molecule has 0 bridgehead atoms. The van der Waals surface area contributed by atoms with Gasteiger partial charge in [0, 0.05) is 37.6 Å². The van der Waals surface area contributed by atoms with E-state index < -0.39 is 11.2 Å². The molecule has 0 aliphatic carbocycles. The molecule has 0 N–H and O–H groups in total. The van der Waals surface area contributed by atoms with Crippen LogP contribution in [0.5, 0.6) is 0 Å². The summed E-state index contributed by atoms with van der Waals surface area (Å²) in [7, 11) is 0. The summed E-state index contributed by atoms with van der Waals surface area (Å²) in [6, 6.07) is 7.58. The average molecular weight is 385 g/mol. The van der Waals surface area contributed by atoms with Gasteiger partial charge >= 0.3 is 5.38 Å². The lowest BCUT2D eigenvalue weighted by Gasteiger charge is -2.35. The lowest BCUT2D eigenvalue weighted by molar-refractivity contribution is 0.0820. The monoisotopic (exact) mass is 384 g/mol. The van der Waals surface area contributed by atoms with E-state index in [1.54, 1.807) is 23.5 Å². The second kappa shape index (κ2) is 6.47. The summed E-state index contributed by atoms with van der Waals surface area (Å²) in [5.74, 6) is -0.0485. The van der Waals surface area contributed by atoms with E-state index in [0.717, 1.165) is 37.2 Å². The van der Waals surface area contributed by atoms with Gasteiger partial charge < -0.3 is 4.90 Å². The smallest absolute Gasteiger partial charge is 0.353 e. The molecule has 0 saturated carbocycles. The van der Waals surface area contributed by atoms with Gasteiger partial charge in [0.05, 0.1) is 0 Å². The molecule has 132 valence electrons. The van der Waals surface area contributed by atoms with Crippen LogP contribution in [0.2, 0.25) is 0 Å². The number of piperazine rings is 1. The van der Waals surface area contributed by atoms with Gasteiger partial charge in [-0.15, -0.1) is 26.6 Å². The van der Waals surface area contributed by atoms with Crippen LogP contribution in [0.1, 0.15) is 10.7 Å². The van der Waals surface area contributed by atoms with Gasteiger partial charge in [-0.25, -0.2) is 0 Å². The highest BCUT2D eigenvalue weighted by atomic mass is 35.5. The van der Waals surface area contributed by atoms with Crippen molar-refractivity contribution in [2.75, 3.05) is 31.1 Å². The van der Waals surface area contributed by atoms with Crippen molar-refractivity contribution in [2.24, 2.45) is 0 Å². The molecule has 25 heavy (non-hydrogen) atoms. The summed E-state index contributed by atoms with van der Waals surface area (Å²) in [6.45, 7) is 4.26. The molecule has 0 atom stereocenters. The molecule has 4 rings (SSSR count). The van der Waals surface area contributed by atoms with Crippen molar-refractivity contribution in [3.8, 4) is 0 Å². The fourth-order valence-corrected chi connectivity index (χ4v) is 3.75. The topological polar surface area (TPSA) is 49.6 Å². The third-order valence-corrected chi connectivity index (χ3v) is 5.19. The number of rotatable bonds is 4. The van der Waals surface area contributed by atoms with Crippen LogP contribution in [0, 0.1) is 0 Å². The normalized spacial score (nSPS) is 16.7. The van der Waals surface area contributed by atoms with E-state index in [-0.39, 0.29) is 5.65 Å². The lowest BCUT2D eigenvalue weighted by atomic mass is 10.3. The van der Waals surface area contributed by atoms with Gasteiger partial charge in [-0.2, -0.15) is 13.3 Å². The molecule has 4 heterocycles. The highest BCUT2D eigenvalue weighted by molar-refractivity contribution is 7.09. The second-order valence-corrected chi connectivity index (χ2v) is 7.33. The Hall–Kier alpha value is -1.84. The molecule has 0 amide bonds. The number of alkyl halides is 3. The quantitative estimate of drug-likeness (QED) is 0.647. The number of aromatic nitrogens is 4. The van der Waals surface area contributed by atoms with Crippen LogP contribution in [-0.4, -0.2) is 50.9 Å². The zero-order valence-electron chi connectivity index (χ0n) is 13.1. The Labute approximate surface area is 151 Å². The highest BCUT2D eigenvalue weighted by Crippen LogP contribution is 2.31. The van der Waals surface area contributed by atoms with Crippen LogP contribution in [0.25, 0.3) is 5.65 Å². The fraction of sp³-hybridized carbons (Fsp3) is 0.400. The molecule has 0 aromatic carbocycles. The molecule has 1 aliphatic heterocycles. The Bertz CT molecular complexity index is 855. The molecule has 6 nitrogen and oxygen atoms in total. The third-order valence-electron chi connectivity index (χ3n) is 4.16. The van der Waals surface area contributed by atoms with Crippen molar-refractivity contribution in [1.29, 1.82) is 0 Å². The minimum atomic E-state index is -3.61. The highest BCUT2D eigenvalue weighted by Gasteiger charge is 2.35. The van der Waals surface area contributed by atoms with Crippen LogP contribution in [0.4, 0.5) is 14.6 Å². The summed E-state index contributed by atoms with van der Waals surface area (Å²) in [4.78, 5) is 5.78. The maximum absolute atomic E-state index is 13.4. The first kappa shape index (κ1) is 16.6. The van der Waals surface area contributed by atoms with Gasteiger partial charge in [-0.3, -0.25) is 4.90 Å². The number of hydrogen-bond acceptors (Lipinski definition) is 6. The van der Waals surface area contributed by atoms with E-state index in [0.29, 0.717) is 5.82 Å². The molecule has 0 spiro atoms. The van der Waals surface area contributed by atoms with Crippen LogP contribution in [0.3, 0.4) is 0 Å². The van der Waals surface area contributed by atoms with Gasteiger partial charge in [0.2, 0.25) is 5.82 Å². The van der Waals surface area contributed by atoms with Crippen molar-refractivity contribution in [3.05, 3.63) is 40.3 Å². The molecular weight excluding hydrogens is 370 g/mol. The largest absolute Gasteiger partial charge is 0.383 e. The number of thiophene rings is 1. The Morgan fingerprint density at radius 3 is 2.60 bits per heavy atom. The summed E-state index contributed by atoms with van der Waals surface area (Å²) < 4.78 is 27.8. The van der Waals surface area contributed by atoms with Crippen LogP contribution >= 0.6 is 22.9 Å². The van der Waals surface area contributed by atoms with Gasteiger partial charge in [0.25, 0.3) is 0 Å². The molecular formula is C15H15ClF2N6S. The van der Waals surface area contributed by atoms with E-state index in [4.69, 9.17) is 11.6 Å². The Kier molecular flexibility index (Phi) is 4.30. The number of fused-ring (bicyclic) bond motifs is 1. The maximum Gasteiger partial charge on any atom is 0.383 e. The average Bonchev–Trinajstić information content (AvgIpc) is 3.23. The first-order valence-electron chi connectivity index (χ1n) is 7.80. The number of anilines is 1. The van der Waals surface area contributed by atoms with Crippen molar-refractivity contribution in [1.82, 2.24) is 24.7 Å². The minimum Gasteiger partial charge on any atom is -0.353 e. The van der Waals surface area contributed by atoms with Gasteiger partial charge in [0.15, 0.2) is 5.65 Å². The second-order valence-electron chi connectivity index (χ2n) is 5.83. The predicted octanol–water partition coefficient (Wildman–Crippen LogP) is 2.80. The first-order chi connectivity index (χ1) is 12.0. The molecule has 1 saturated heterocycles. The molecule has 3 aromatic heterocycles. The van der Waals surface area contributed by atoms with Gasteiger partial charge in [-0.1, -0.05) is 6.07 Å². The zero-order chi connectivity index (χ0) is 17.4. The van der Waals surface area contributed by atoms with Crippen molar-refractivity contribution in [2.45, 2.75) is 11.9 Å². The van der Waals surface area contributed by atoms with Crippen LogP contribution in [-0.2, 0) is 11.9 Å². The molecule has 1 aliphatic rings. The van der Waals surface area contributed by atoms with E-state index in [1.165, 1.54) is 4.88 Å². The van der Waals surface area contributed by atoms with Crippen molar-refractivity contribution >= 4 is 34.4 Å². The Balaban J connectivity index is 1.49. The maximum atomic E-state index is 13.4.